The molecule has 0 saturated carbocycles. The molecule has 148 valence electrons. The zero-order valence-electron chi connectivity index (χ0n) is 15.4. The molecule has 0 radical (unpaired) electrons. The molecule has 0 unspecified atom stereocenters. The number of amides is 1. The van der Waals surface area contributed by atoms with Crippen molar-refractivity contribution in [2.24, 2.45) is 0 Å². The highest BCUT2D eigenvalue weighted by Gasteiger charge is 2.16. The summed E-state index contributed by atoms with van der Waals surface area (Å²) in [5.41, 5.74) is 3.29. The molecule has 3 aromatic heterocycles. The Morgan fingerprint density at radius 2 is 2.10 bits per heavy atom. The number of aromatic nitrogens is 6. The maximum absolute atomic E-state index is 13.9. The van der Waals surface area contributed by atoms with Gasteiger partial charge in [0.2, 0.25) is 0 Å². The lowest BCUT2D eigenvalue weighted by atomic mass is 10.1. The minimum atomic E-state index is -0.264. The van der Waals surface area contributed by atoms with Crippen molar-refractivity contribution in [2.75, 3.05) is 5.32 Å². The number of tetrazole rings is 1. The summed E-state index contributed by atoms with van der Waals surface area (Å²) in [4.78, 5) is 21.0. The van der Waals surface area contributed by atoms with Crippen molar-refractivity contribution < 1.29 is 9.18 Å². The molecule has 8 nitrogen and oxygen atoms in total. The van der Waals surface area contributed by atoms with Crippen LogP contribution >= 0.6 is 11.3 Å². The third-order valence-corrected chi connectivity index (χ3v) is 5.45. The molecule has 0 aliphatic heterocycles. The van der Waals surface area contributed by atoms with E-state index in [1.807, 2.05) is 6.07 Å². The van der Waals surface area contributed by atoms with Crippen molar-refractivity contribution in [3.05, 3.63) is 82.3 Å². The number of rotatable bonds is 5. The average Bonchev–Trinajstić information content (AvgIpc) is 3.49. The van der Waals surface area contributed by atoms with Gasteiger partial charge in [-0.15, -0.1) is 16.4 Å². The fourth-order valence-electron chi connectivity index (χ4n) is 3.16. The molecule has 2 N–H and O–H groups in total. The van der Waals surface area contributed by atoms with Gasteiger partial charge in [0, 0.05) is 12.1 Å². The number of H-pyrrole nitrogens is 1. The molecule has 1 amide bonds. The number of fused-ring (bicyclic) bond motifs is 1. The summed E-state index contributed by atoms with van der Waals surface area (Å²) in [6.07, 6.45) is 1.79. The summed E-state index contributed by atoms with van der Waals surface area (Å²) >= 11 is 1.30. The monoisotopic (exact) mass is 419 g/mol. The number of hydrogen-bond donors (Lipinski definition) is 2. The lowest BCUT2D eigenvalue weighted by Crippen LogP contribution is -2.13. The van der Waals surface area contributed by atoms with Gasteiger partial charge in [-0.2, -0.15) is 4.68 Å². The first-order valence-corrected chi connectivity index (χ1v) is 9.89. The second-order valence-corrected chi connectivity index (χ2v) is 7.44. The van der Waals surface area contributed by atoms with Crippen LogP contribution in [0.4, 0.5) is 10.1 Å². The van der Waals surface area contributed by atoms with Crippen LogP contribution in [0.5, 0.6) is 0 Å². The van der Waals surface area contributed by atoms with Crippen LogP contribution in [0.15, 0.2) is 60.2 Å². The average molecular weight is 419 g/mol. The Morgan fingerprint density at radius 3 is 2.93 bits per heavy atom. The molecular formula is C20H14FN7OS. The molecule has 0 fully saturated rings. The Bertz CT molecular complexity index is 1340. The topological polar surface area (TPSA) is 101 Å². The molecule has 10 heteroatoms. The van der Waals surface area contributed by atoms with Crippen LogP contribution in [0.2, 0.25) is 0 Å². The van der Waals surface area contributed by atoms with Gasteiger partial charge in [-0.25, -0.2) is 9.37 Å². The summed E-state index contributed by atoms with van der Waals surface area (Å²) in [5, 5.41) is 15.7. The van der Waals surface area contributed by atoms with E-state index in [9.17, 15) is 9.18 Å². The number of carbonyl (C=O) groups excluding carboxylic acids is 1. The summed E-state index contributed by atoms with van der Waals surface area (Å²) in [5.74, 6) is 0.124. The van der Waals surface area contributed by atoms with Crippen molar-refractivity contribution in [1.82, 2.24) is 30.2 Å². The Balaban J connectivity index is 1.38. The van der Waals surface area contributed by atoms with Gasteiger partial charge in [0.05, 0.1) is 16.7 Å². The highest BCUT2D eigenvalue weighted by atomic mass is 32.1. The van der Waals surface area contributed by atoms with Gasteiger partial charge in [-0.1, -0.05) is 18.2 Å². The number of nitrogens with zero attached hydrogens (tertiary/aromatic N) is 5. The van der Waals surface area contributed by atoms with Gasteiger partial charge in [0.25, 0.3) is 5.91 Å². The molecule has 0 spiro atoms. The van der Waals surface area contributed by atoms with Crippen molar-refractivity contribution in [3.63, 3.8) is 0 Å². The van der Waals surface area contributed by atoms with Gasteiger partial charge in [0.15, 0.2) is 0 Å². The van der Waals surface area contributed by atoms with E-state index in [1.54, 1.807) is 41.8 Å². The Morgan fingerprint density at radius 1 is 1.20 bits per heavy atom. The fourth-order valence-corrected chi connectivity index (χ4v) is 3.93. The van der Waals surface area contributed by atoms with E-state index >= 15 is 0 Å². The number of thiophene rings is 1. The summed E-state index contributed by atoms with van der Waals surface area (Å²) in [7, 11) is 0. The first-order chi connectivity index (χ1) is 14.7. The number of anilines is 1. The molecule has 0 bridgehead atoms. The molecule has 2 aromatic carbocycles. The molecule has 0 aliphatic carbocycles. The zero-order chi connectivity index (χ0) is 20.5. The molecular weight excluding hydrogens is 405 g/mol. The van der Waals surface area contributed by atoms with Crippen LogP contribution < -0.4 is 5.32 Å². The maximum atomic E-state index is 13.9. The van der Waals surface area contributed by atoms with E-state index in [-0.39, 0.29) is 11.7 Å². The van der Waals surface area contributed by atoms with Gasteiger partial charge in [-0.3, -0.25) is 4.79 Å². The van der Waals surface area contributed by atoms with Gasteiger partial charge in [0.1, 0.15) is 22.8 Å². The van der Waals surface area contributed by atoms with Crippen molar-refractivity contribution >= 4 is 34.0 Å². The predicted molar refractivity (Wildman–Crippen MR) is 110 cm³/mol. The largest absolute Gasteiger partial charge is 0.342 e. The van der Waals surface area contributed by atoms with E-state index in [0.29, 0.717) is 34.1 Å². The zero-order valence-corrected chi connectivity index (χ0v) is 16.2. The van der Waals surface area contributed by atoms with Gasteiger partial charge < -0.3 is 10.3 Å². The van der Waals surface area contributed by atoms with Crippen LogP contribution in [0, 0.1) is 5.82 Å². The van der Waals surface area contributed by atoms with Crippen molar-refractivity contribution in [2.45, 2.75) is 6.42 Å². The number of nitrogens with one attached hydrogen (secondary N) is 2. The highest BCUT2D eigenvalue weighted by Crippen LogP contribution is 2.23. The quantitative estimate of drug-likeness (QED) is 0.453. The van der Waals surface area contributed by atoms with E-state index in [4.69, 9.17) is 0 Å². The minimum Gasteiger partial charge on any atom is -0.342 e. The number of hydrogen-bond acceptors (Lipinski definition) is 6. The van der Waals surface area contributed by atoms with Crippen molar-refractivity contribution in [3.8, 4) is 5.69 Å². The lowest BCUT2D eigenvalue weighted by molar-refractivity contribution is 0.103. The first kappa shape index (κ1) is 18.1. The van der Waals surface area contributed by atoms with E-state index < -0.39 is 0 Å². The molecule has 0 saturated heterocycles. The second kappa shape index (κ2) is 7.48. The summed E-state index contributed by atoms with van der Waals surface area (Å²) < 4.78 is 15.3. The number of halogens is 1. The van der Waals surface area contributed by atoms with E-state index in [1.165, 1.54) is 28.4 Å². The van der Waals surface area contributed by atoms with Crippen LogP contribution in [0.1, 0.15) is 21.1 Å². The lowest BCUT2D eigenvalue weighted by Gasteiger charge is -2.05. The molecule has 5 aromatic rings. The Hall–Kier alpha value is -3.92. The van der Waals surface area contributed by atoms with Crippen LogP contribution in [-0.2, 0) is 6.42 Å². The van der Waals surface area contributed by atoms with Gasteiger partial charge >= 0.3 is 0 Å². The minimum absolute atomic E-state index is 0.263. The SMILES string of the molecule is O=C(Nc1ccc2nc(Cc3ccccc3F)[nH]c2c1)c1sccc1-n1cnnn1. The fraction of sp³-hybridized carbons (Fsp3) is 0.0500. The number of imidazole rings is 1. The molecule has 30 heavy (non-hydrogen) atoms. The van der Waals surface area contributed by atoms with Gasteiger partial charge in [-0.05, 0) is 51.7 Å². The van der Waals surface area contributed by atoms with E-state index in [2.05, 4.69) is 30.8 Å². The number of benzene rings is 2. The Labute approximate surface area is 173 Å². The summed E-state index contributed by atoms with van der Waals surface area (Å²) in [6, 6.07) is 13.8. The summed E-state index contributed by atoms with van der Waals surface area (Å²) in [6.45, 7) is 0. The standard InChI is InChI=1S/C20H14FN7OS/c21-14-4-2-1-3-12(14)9-18-24-15-6-5-13(10-16(15)25-18)23-20(29)19-17(7-8-30-19)28-11-22-26-27-28/h1-8,10-11H,9H2,(H,23,29)(H,24,25). The first-order valence-electron chi connectivity index (χ1n) is 9.01. The second-order valence-electron chi connectivity index (χ2n) is 6.53. The molecule has 5 rings (SSSR count). The normalized spacial score (nSPS) is 11.1. The third kappa shape index (κ3) is 3.44. The van der Waals surface area contributed by atoms with Crippen LogP contribution in [0.25, 0.3) is 16.7 Å². The molecule has 0 atom stereocenters. The third-order valence-electron chi connectivity index (χ3n) is 4.55. The van der Waals surface area contributed by atoms with E-state index in [0.717, 1.165) is 11.0 Å². The van der Waals surface area contributed by atoms with Crippen molar-refractivity contribution in [1.29, 1.82) is 0 Å². The highest BCUT2D eigenvalue weighted by molar-refractivity contribution is 7.12. The molecule has 0 aliphatic rings. The number of carbonyl (C=O) groups is 1. The smallest absolute Gasteiger partial charge is 0.267 e. The van der Waals surface area contributed by atoms with Crippen LogP contribution in [-0.4, -0.2) is 36.1 Å². The molecule has 3 heterocycles. The number of aromatic amines is 1. The maximum Gasteiger partial charge on any atom is 0.267 e. The van der Waals surface area contributed by atoms with Crippen LogP contribution in [0.3, 0.4) is 0 Å². The predicted octanol–water partition coefficient (Wildman–Crippen LogP) is 3.58. The Kier molecular flexibility index (Phi) is 4.52.